The van der Waals surface area contributed by atoms with Crippen LogP contribution in [-0.4, -0.2) is 51.7 Å². The molecule has 0 unspecified atom stereocenters. The van der Waals surface area contributed by atoms with Crippen LogP contribution < -0.4 is 5.32 Å². The van der Waals surface area contributed by atoms with Crippen molar-refractivity contribution in [1.82, 2.24) is 20.5 Å². The highest BCUT2D eigenvalue weighted by Gasteiger charge is 2.52. The molecule has 2 aromatic heterocycles. The first-order chi connectivity index (χ1) is 13.4. The van der Waals surface area contributed by atoms with Crippen LogP contribution >= 0.6 is 0 Å². The van der Waals surface area contributed by atoms with E-state index in [4.69, 9.17) is 14.0 Å². The number of amides is 1. The topological polar surface area (TPSA) is 98.4 Å². The average molecular weight is 400 g/mol. The normalized spacial score (nSPS) is 18.9. The molecular formula is C20H29BN4O4. The summed E-state index contributed by atoms with van der Waals surface area (Å²) in [5, 5.41) is 10.6. The molecule has 2 N–H and O–H groups in total. The SMILES string of the molecule is CC(C)(C)OC(=O)NCC(=Cc1cc2cn[nH]c2cn1)B1OC(C)(C)C(C)(C)O1. The maximum atomic E-state index is 12.2. The Labute approximate surface area is 171 Å². The molecule has 0 spiro atoms. The summed E-state index contributed by atoms with van der Waals surface area (Å²) in [6.07, 6.45) is 4.82. The van der Waals surface area contributed by atoms with E-state index in [9.17, 15) is 4.79 Å². The van der Waals surface area contributed by atoms with Crippen molar-refractivity contribution in [2.24, 2.45) is 0 Å². The van der Waals surface area contributed by atoms with Crippen LogP contribution in [0.15, 0.2) is 23.9 Å². The minimum Gasteiger partial charge on any atom is -0.444 e. The van der Waals surface area contributed by atoms with Gasteiger partial charge in [-0.1, -0.05) is 0 Å². The van der Waals surface area contributed by atoms with Gasteiger partial charge in [0.1, 0.15) is 5.60 Å². The Hall–Kier alpha value is -2.39. The fourth-order valence-corrected chi connectivity index (χ4v) is 2.81. The van der Waals surface area contributed by atoms with E-state index >= 15 is 0 Å². The fraction of sp³-hybridized carbons (Fsp3) is 0.550. The predicted molar refractivity (Wildman–Crippen MR) is 112 cm³/mol. The number of aromatic amines is 1. The summed E-state index contributed by atoms with van der Waals surface area (Å²) in [5.74, 6) is 0. The van der Waals surface area contributed by atoms with E-state index < -0.39 is 30.0 Å². The van der Waals surface area contributed by atoms with E-state index in [2.05, 4.69) is 20.5 Å². The first-order valence-corrected chi connectivity index (χ1v) is 9.68. The summed E-state index contributed by atoms with van der Waals surface area (Å²) < 4.78 is 17.7. The van der Waals surface area contributed by atoms with Gasteiger partial charge in [0.05, 0.1) is 34.8 Å². The van der Waals surface area contributed by atoms with Crippen LogP contribution in [0.4, 0.5) is 4.79 Å². The zero-order valence-corrected chi connectivity index (χ0v) is 18.1. The second-order valence-corrected chi connectivity index (χ2v) is 9.23. The van der Waals surface area contributed by atoms with Crippen LogP contribution in [0.1, 0.15) is 54.2 Å². The molecule has 2 aromatic rings. The molecule has 3 rings (SSSR count). The number of alkyl carbamates (subject to hydrolysis) is 1. The van der Waals surface area contributed by atoms with E-state index in [1.807, 2.05) is 60.6 Å². The summed E-state index contributed by atoms with van der Waals surface area (Å²) in [6, 6.07) is 1.91. The second kappa shape index (κ2) is 7.46. The lowest BCUT2D eigenvalue weighted by molar-refractivity contribution is 0.00578. The lowest BCUT2D eigenvalue weighted by Gasteiger charge is -2.32. The van der Waals surface area contributed by atoms with Crippen molar-refractivity contribution in [1.29, 1.82) is 0 Å². The number of hydrogen-bond donors (Lipinski definition) is 2. The third-order valence-corrected chi connectivity index (χ3v) is 5.07. The molecule has 1 saturated heterocycles. The molecule has 9 heteroatoms. The van der Waals surface area contributed by atoms with E-state index in [0.717, 1.165) is 22.1 Å². The van der Waals surface area contributed by atoms with Crippen LogP contribution in [0.2, 0.25) is 0 Å². The molecule has 0 aromatic carbocycles. The lowest BCUT2D eigenvalue weighted by Crippen LogP contribution is -2.41. The number of nitrogens with zero attached hydrogens (tertiary/aromatic N) is 2. The molecule has 3 heterocycles. The Balaban J connectivity index is 1.86. The van der Waals surface area contributed by atoms with E-state index in [1.165, 1.54) is 0 Å². The standard InChI is InChI=1S/C20H29BN4O4/c1-18(2,3)27-17(26)23-11-14(21-28-19(4,5)20(6,7)29-21)9-15-8-13-10-24-25-16(13)12-22-15/h8-10,12H,11H2,1-7H3,(H,23,26)(H,24,25). The molecule has 0 bridgehead atoms. The molecule has 1 fully saturated rings. The summed E-state index contributed by atoms with van der Waals surface area (Å²) in [5.41, 5.74) is 0.743. The van der Waals surface area contributed by atoms with Gasteiger partial charge < -0.3 is 19.4 Å². The molecule has 156 valence electrons. The summed E-state index contributed by atoms with van der Waals surface area (Å²) >= 11 is 0. The third-order valence-electron chi connectivity index (χ3n) is 5.07. The van der Waals surface area contributed by atoms with Gasteiger partial charge in [-0.25, -0.2) is 4.79 Å². The van der Waals surface area contributed by atoms with Crippen LogP contribution in [0.25, 0.3) is 17.0 Å². The van der Waals surface area contributed by atoms with Gasteiger partial charge in [0.2, 0.25) is 0 Å². The van der Waals surface area contributed by atoms with Crippen molar-refractivity contribution in [2.45, 2.75) is 65.3 Å². The number of rotatable bonds is 4. The number of ether oxygens (including phenoxy) is 1. The predicted octanol–water partition coefficient (Wildman–Crippen LogP) is 3.50. The summed E-state index contributed by atoms with van der Waals surface area (Å²) in [4.78, 5) is 16.6. The van der Waals surface area contributed by atoms with Crippen molar-refractivity contribution in [3.05, 3.63) is 29.6 Å². The van der Waals surface area contributed by atoms with Crippen LogP contribution in [0, 0.1) is 0 Å². The zero-order valence-electron chi connectivity index (χ0n) is 18.1. The van der Waals surface area contributed by atoms with Crippen molar-refractivity contribution in [2.75, 3.05) is 6.54 Å². The minimum absolute atomic E-state index is 0.205. The molecule has 1 aliphatic heterocycles. The highest BCUT2D eigenvalue weighted by atomic mass is 16.7. The molecular weight excluding hydrogens is 371 g/mol. The van der Waals surface area contributed by atoms with Crippen LogP contribution in [0.5, 0.6) is 0 Å². The first kappa shape index (κ1) is 21.3. The minimum atomic E-state index is -0.614. The van der Waals surface area contributed by atoms with E-state index in [1.54, 1.807) is 12.4 Å². The highest BCUT2D eigenvalue weighted by molar-refractivity contribution is 6.56. The Bertz CT molecular complexity index is 914. The van der Waals surface area contributed by atoms with Gasteiger partial charge in [-0.05, 0) is 66.1 Å². The monoisotopic (exact) mass is 400 g/mol. The molecule has 1 amide bonds. The van der Waals surface area contributed by atoms with Gasteiger partial charge in [0.25, 0.3) is 0 Å². The number of hydrogen-bond acceptors (Lipinski definition) is 6. The highest BCUT2D eigenvalue weighted by Crippen LogP contribution is 2.38. The molecule has 8 nitrogen and oxygen atoms in total. The van der Waals surface area contributed by atoms with Crippen LogP contribution in [0.3, 0.4) is 0 Å². The van der Waals surface area contributed by atoms with Gasteiger partial charge >= 0.3 is 13.2 Å². The molecule has 29 heavy (non-hydrogen) atoms. The number of aromatic nitrogens is 3. The van der Waals surface area contributed by atoms with Gasteiger partial charge in [-0.2, -0.15) is 5.10 Å². The Morgan fingerprint density at radius 2 is 1.90 bits per heavy atom. The van der Waals surface area contributed by atoms with Gasteiger partial charge in [-0.15, -0.1) is 0 Å². The van der Waals surface area contributed by atoms with Gasteiger partial charge in [-0.3, -0.25) is 10.1 Å². The Kier molecular flexibility index (Phi) is 5.49. The number of carbonyl (C=O) groups excluding carboxylic acids is 1. The van der Waals surface area contributed by atoms with Crippen molar-refractivity contribution < 1.29 is 18.8 Å². The second-order valence-electron chi connectivity index (χ2n) is 9.23. The molecule has 0 saturated carbocycles. The Morgan fingerprint density at radius 3 is 2.52 bits per heavy atom. The van der Waals surface area contributed by atoms with Crippen molar-refractivity contribution in [3.63, 3.8) is 0 Å². The molecule has 1 aliphatic rings. The number of fused-ring (bicyclic) bond motifs is 1. The molecule has 0 aliphatic carbocycles. The number of carbonyl (C=O) groups is 1. The number of pyridine rings is 1. The third kappa shape index (κ3) is 4.97. The zero-order chi connectivity index (χ0) is 21.4. The fourth-order valence-electron chi connectivity index (χ4n) is 2.81. The maximum absolute atomic E-state index is 12.2. The van der Waals surface area contributed by atoms with Crippen LogP contribution in [-0.2, 0) is 14.0 Å². The maximum Gasteiger partial charge on any atom is 0.492 e. The largest absolute Gasteiger partial charge is 0.492 e. The van der Waals surface area contributed by atoms with Gasteiger partial charge in [0.15, 0.2) is 0 Å². The van der Waals surface area contributed by atoms with Crippen molar-refractivity contribution in [3.8, 4) is 0 Å². The Morgan fingerprint density at radius 1 is 1.24 bits per heavy atom. The van der Waals surface area contributed by atoms with E-state index in [0.29, 0.717) is 0 Å². The molecule has 0 radical (unpaired) electrons. The number of H-pyrrole nitrogens is 1. The average Bonchev–Trinajstić information content (AvgIpc) is 3.11. The summed E-state index contributed by atoms with van der Waals surface area (Å²) in [6.45, 7) is 13.6. The number of nitrogens with one attached hydrogen (secondary N) is 2. The summed E-state index contributed by atoms with van der Waals surface area (Å²) in [7, 11) is -0.614. The molecule has 0 atom stereocenters. The van der Waals surface area contributed by atoms with Crippen molar-refractivity contribution >= 4 is 30.2 Å². The smallest absolute Gasteiger partial charge is 0.444 e. The first-order valence-electron chi connectivity index (χ1n) is 9.68. The lowest BCUT2D eigenvalue weighted by atomic mass is 9.77. The quantitative estimate of drug-likeness (QED) is 0.763. The van der Waals surface area contributed by atoms with E-state index in [-0.39, 0.29) is 6.54 Å². The van der Waals surface area contributed by atoms with Gasteiger partial charge in [0, 0.05) is 11.9 Å².